The van der Waals surface area contributed by atoms with Gasteiger partial charge in [-0.05, 0) is 40.9 Å². The zero-order valence-electron chi connectivity index (χ0n) is 11.6. The van der Waals surface area contributed by atoms with Crippen molar-refractivity contribution < 1.29 is 8.78 Å². The van der Waals surface area contributed by atoms with E-state index in [1.165, 1.54) is 19.1 Å². The first-order chi connectivity index (χ1) is 9.43. The molecule has 1 heterocycles. The van der Waals surface area contributed by atoms with Crippen molar-refractivity contribution in [2.75, 3.05) is 5.32 Å². The van der Waals surface area contributed by atoms with Crippen LogP contribution in [-0.4, -0.2) is 9.78 Å². The van der Waals surface area contributed by atoms with Crippen molar-refractivity contribution in [3.05, 3.63) is 45.2 Å². The molecule has 1 aromatic heterocycles. The van der Waals surface area contributed by atoms with E-state index < -0.39 is 11.6 Å². The maximum absolute atomic E-state index is 13.7. The van der Waals surface area contributed by atoms with Crippen LogP contribution < -0.4 is 5.32 Å². The van der Waals surface area contributed by atoms with Gasteiger partial charge >= 0.3 is 0 Å². The normalized spacial score (nSPS) is 10.9. The van der Waals surface area contributed by atoms with Crippen LogP contribution in [0.25, 0.3) is 0 Å². The van der Waals surface area contributed by atoms with Gasteiger partial charge in [0, 0.05) is 13.1 Å². The summed E-state index contributed by atoms with van der Waals surface area (Å²) in [5, 5.41) is 7.27. The third kappa shape index (κ3) is 2.85. The fourth-order valence-corrected chi connectivity index (χ4v) is 2.73. The zero-order valence-corrected chi connectivity index (χ0v) is 13.2. The molecule has 0 spiro atoms. The second kappa shape index (κ2) is 5.91. The lowest BCUT2D eigenvalue weighted by molar-refractivity contribution is 0.594. The van der Waals surface area contributed by atoms with Gasteiger partial charge in [-0.15, -0.1) is 0 Å². The van der Waals surface area contributed by atoms with Gasteiger partial charge in [0.15, 0.2) is 0 Å². The minimum absolute atomic E-state index is 0.152. The van der Waals surface area contributed by atoms with Crippen molar-refractivity contribution in [3.8, 4) is 0 Å². The van der Waals surface area contributed by atoms with E-state index in [9.17, 15) is 8.78 Å². The monoisotopic (exact) mass is 343 g/mol. The number of nitrogens with one attached hydrogen (secondary N) is 1. The number of hydrogen-bond donors (Lipinski definition) is 1. The molecule has 20 heavy (non-hydrogen) atoms. The molecule has 1 aromatic carbocycles. The van der Waals surface area contributed by atoms with Crippen LogP contribution in [0.3, 0.4) is 0 Å². The second-order valence-electron chi connectivity index (χ2n) is 4.62. The molecule has 0 unspecified atom stereocenters. The molecule has 1 N–H and O–H groups in total. The van der Waals surface area contributed by atoms with Crippen molar-refractivity contribution in [1.82, 2.24) is 9.78 Å². The summed E-state index contributed by atoms with van der Waals surface area (Å²) in [6.07, 6.45) is 0.807. The molecule has 0 bridgehead atoms. The van der Waals surface area contributed by atoms with Gasteiger partial charge in [-0.1, -0.05) is 6.92 Å². The topological polar surface area (TPSA) is 29.9 Å². The predicted octanol–water partition coefficient (Wildman–Crippen LogP) is 3.94. The lowest BCUT2D eigenvalue weighted by Gasteiger charge is -2.09. The fourth-order valence-electron chi connectivity index (χ4n) is 1.97. The maximum Gasteiger partial charge on any atom is 0.146 e. The molecule has 0 radical (unpaired) electrons. The molecule has 2 rings (SSSR count). The highest BCUT2D eigenvalue weighted by atomic mass is 79.9. The van der Waals surface area contributed by atoms with E-state index in [4.69, 9.17) is 0 Å². The molecule has 6 heteroatoms. The third-order valence-corrected chi connectivity index (χ3v) is 4.11. The van der Waals surface area contributed by atoms with Gasteiger partial charge < -0.3 is 5.32 Å². The Hall–Kier alpha value is -1.43. The fraction of sp³-hybridized carbons (Fsp3) is 0.357. The lowest BCUT2D eigenvalue weighted by atomic mass is 10.2. The second-order valence-corrected chi connectivity index (χ2v) is 5.41. The molecule has 0 aliphatic rings. The SMILES string of the molecule is CCc1nn(C)c(CNc2cc(F)c(C)cc2F)c1Br. The molecule has 0 amide bonds. The largest absolute Gasteiger partial charge is 0.377 e. The van der Waals surface area contributed by atoms with Gasteiger partial charge in [-0.3, -0.25) is 4.68 Å². The summed E-state index contributed by atoms with van der Waals surface area (Å²) in [5.74, 6) is -0.884. The Morgan fingerprint density at radius 3 is 2.60 bits per heavy atom. The summed E-state index contributed by atoms with van der Waals surface area (Å²) < 4.78 is 29.9. The summed E-state index contributed by atoms with van der Waals surface area (Å²) in [6.45, 7) is 3.91. The number of aromatic nitrogens is 2. The van der Waals surface area contributed by atoms with Crippen LogP contribution in [0, 0.1) is 18.6 Å². The van der Waals surface area contributed by atoms with Crippen LogP contribution in [0.5, 0.6) is 0 Å². The van der Waals surface area contributed by atoms with E-state index >= 15 is 0 Å². The van der Waals surface area contributed by atoms with E-state index in [-0.39, 0.29) is 5.69 Å². The first-order valence-corrected chi connectivity index (χ1v) is 7.13. The zero-order chi connectivity index (χ0) is 14.9. The van der Waals surface area contributed by atoms with Crippen LogP contribution >= 0.6 is 15.9 Å². The van der Waals surface area contributed by atoms with Gasteiger partial charge in [0.1, 0.15) is 11.6 Å². The summed E-state index contributed by atoms with van der Waals surface area (Å²) in [5.41, 5.74) is 2.28. The Kier molecular flexibility index (Phi) is 4.42. The van der Waals surface area contributed by atoms with Crippen LogP contribution in [0.1, 0.15) is 23.9 Å². The number of aryl methyl sites for hydroxylation is 3. The quantitative estimate of drug-likeness (QED) is 0.910. The lowest BCUT2D eigenvalue weighted by Crippen LogP contribution is -2.07. The van der Waals surface area contributed by atoms with E-state index in [0.29, 0.717) is 12.1 Å². The number of benzene rings is 1. The molecule has 0 aliphatic heterocycles. The van der Waals surface area contributed by atoms with Gasteiger partial charge in [0.05, 0.1) is 28.1 Å². The molecule has 108 valence electrons. The molecular formula is C14H16BrF2N3. The highest BCUT2D eigenvalue weighted by Crippen LogP contribution is 2.24. The van der Waals surface area contributed by atoms with Crippen molar-refractivity contribution in [3.63, 3.8) is 0 Å². The summed E-state index contributed by atoms with van der Waals surface area (Å²) in [4.78, 5) is 0. The number of nitrogens with zero attached hydrogens (tertiary/aromatic N) is 2. The minimum Gasteiger partial charge on any atom is -0.377 e. The highest BCUT2D eigenvalue weighted by Gasteiger charge is 2.13. The Bertz CT molecular complexity index is 638. The molecule has 0 atom stereocenters. The van der Waals surface area contributed by atoms with Crippen molar-refractivity contribution in [1.29, 1.82) is 0 Å². The summed E-state index contributed by atoms with van der Waals surface area (Å²) in [7, 11) is 1.83. The molecule has 0 fully saturated rings. The van der Waals surface area contributed by atoms with E-state index in [1.54, 1.807) is 4.68 Å². The number of hydrogen-bond acceptors (Lipinski definition) is 2. The Morgan fingerprint density at radius 2 is 2.00 bits per heavy atom. The first-order valence-electron chi connectivity index (χ1n) is 6.33. The van der Waals surface area contributed by atoms with E-state index in [2.05, 4.69) is 26.3 Å². The molecule has 0 aliphatic carbocycles. The van der Waals surface area contributed by atoms with Gasteiger partial charge in [-0.2, -0.15) is 5.10 Å². The summed E-state index contributed by atoms with van der Waals surface area (Å²) >= 11 is 3.49. The van der Waals surface area contributed by atoms with E-state index in [1.807, 2.05) is 14.0 Å². The van der Waals surface area contributed by atoms with E-state index in [0.717, 1.165) is 22.3 Å². The predicted molar refractivity (Wildman–Crippen MR) is 78.7 cm³/mol. The molecule has 2 aromatic rings. The standard InChI is InChI=1S/C14H16BrF2N3/c1-4-11-14(15)13(20(3)19-11)7-18-12-6-9(16)8(2)5-10(12)17/h5-6,18H,4,7H2,1-3H3. The first kappa shape index (κ1) is 15.0. The average Bonchev–Trinajstić information content (AvgIpc) is 2.67. The third-order valence-electron chi connectivity index (χ3n) is 3.20. The molecule has 3 nitrogen and oxygen atoms in total. The average molecular weight is 344 g/mol. The Balaban J connectivity index is 2.21. The van der Waals surface area contributed by atoms with Crippen molar-refractivity contribution >= 4 is 21.6 Å². The van der Waals surface area contributed by atoms with Crippen LogP contribution in [0.2, 0.25) is 0 Å². The van der Waals surface area contributed by atoms with Crippen LogP contribution in [-0.2, 0) is 20.0 Å². The highest BCUT2D eigenvalue weighted by molar-refractivity contribution is 9.10. The number of anilines is 1. The maximum atomic E-state index is 13.7. The van der Waals surface area contributed by atoms with Crippen molar-refractivity contribution in [2.45, 2.75) is 26.8 Å². The molecule has 0 saturated heterocycles. The molecular weight excluding hydrogens is 328 g/mol. The molecule has 0 saturated carbocycles. The van der Waals surface area contributed by atoms with Gasteiger partial charge in [0.2, 0.25) is 0 Å². The minimum atomic E-state index is -0.460. The van der Waals surface area contributed by atoms with Gasteiger partial charge in [-0.25, -0.2) is 8.78 Å². The smallest absolute Gasteiger partial charge is 0.146 e. The van der Waals surface area contributed by atoms with Crippen molar-refractivity contribution in [2.24, 2.45) is 7.05 Å². The summed E-state index contributed by atoms with van der Waals surface area (Å²) in [6, 6.07) is 2.36. The van der Waals surface area contributed by atoms with Gasteiger partial charge in [0.25, 0.3) is 0 Å². The van der Waals surface area contributed by atoms with Crippen LogP contribution in [0.4, 0.5) is 14.5 Å². The Labute approximate surface area is 125 Å². The number of rotatable bonds is 4. The Morgan fingerprint density at radius 1 is 1.30 bits per heavy atom. The number of halogens is 3. The van der Waals surface area contributed by atoms with Crippen LogP contribution in [0.15, 0.2) is 16.6 Å².